The Balaban J connectivity index is 2.42. The summed E-state index contributed by atoms with van der Waals surface area (Å²) in [6, 6.07) is 3.40. The van der Waals surface area contributed by atoms with Crippen LogP contribution in [-0.4, -0.2) is 42.9 Å². The van der Waals surface area contributed by atoms with Crippen molar-refractivity contribution in [2.24, 2.45) is 0 Å². The van der Waals surface area contributed by atoms with E-state index in [9.17, 15) is 23.0 Å². The third-order valence-corrected chi connectivity index (χ3v) is 4.59. The van der Waals surface area contributed by atoms with Gasteiger partial charge in [-0.3, -0.25) is 9.69 Å². The first kappa shape index (κ1) is 24.2. The number of nitrogens with one attached hydrogen (secondary N) is 1. The molecule has 0 aromatic heterocycles. The fraction of sp³-hybridized carbons (Fsp3) is 0.550. The number of alkyl halides is 3. The van der Waals surface area contributed by atoms with Crippen LogP contribution in [0.3, 0.4) is 0 Å². The largest absolute Gasteiger partial charge is 0.450 e. The maximum atomic E-state index is 12.9. The topological polar surface area (TPSA) is 52.6 Å². The van der Waals surface area contributed by atoms with E-state index in [0.29, 0.717) is 30.7 Å². The molecule has 8 heteroatoms. The fourth-order valence-electron chi connectivity index (χ4n) is 2.91. The molecule has 155 valence electrons. The second-order valence-electron chi connectivity index (χ2n) is 6.67. The molecule has 0 unspecified atom stereocenters. The molecule has 0 spiro atoms. The minimum atomic E-state index is -4.40. The van der Waals surface area contributed by atoms with E-state index in [1.807, 2.05) is 6.92 Å². The van der Waals surface area contributed by atoms with Crippen molar-refractivity contribution in [1.82, 2.24) is 10.2 Å². The van der Waals surface area contributed by atoms with Crippen molar-refractivity contribution >= 4 is 18.9 Å². The molecule has 2 N–H and O–H groups in total. The van der Waals surface area contributed by atoms with Gasteiger partial charge in [0.25, 0.3) is 0 Å². The van der Waals surface area contributed by atoms with Crippen molar-refractivity contribution in [1.29, 1.82) is 0 Å². The Bertz CT molecular complexity index is 624. The molecule has 0 heterocycles. The molecule has 0 aliphatic rings. The number of benzene rings is 1. The maximum Gasteiger partial charge on any atom is 0.416 e. The zero-order chi connectivity index (χ0) is 21.0. The van der Waals surface area contributed by atoms with Crippen LogP contribution >= 0.6 is 0 Å². The van der Waals surface area contributed by atoms with Gasteiger partial charge >= 0.3 is 13.7 Å². The Labute approximate surface area is 166 Å². The van der Waals surface area contributed by atoms with Gasteiger partial charge in [0.15, 0.2) is 0 Å². The Kier molecular flexibility index (Phi) is 10.9. The SMILES string of the molecule is C=CC(=O)NCCCCCCCN(CC)Cc1cc(C(F)(F)F)ccc1[B]O. The van der Waals surface area contributed by atoms with Gasteiger partial charge in [0.05, 0.1) is 5.56 Å². The summed E-state index contributed by atoms with van der Waals surface area (Å²) in [5, 5.41) is 12.0. The second kappa shape index (κ2) is 12.6. The number of amides is 1. The Morgan fingerprint density at radius 1 is 1.25 bits per heavy atom. The molecule has 0 aliphatic carbocycles. The molecule has 0 bridgehead atoms. The van der Waals surface area contributed by atoms with E-state index >= 15 is 0 Å². The number of hydrogen-bond acceptors (Lipinski definition) is 3. The molecule has 0 atom stereocenters. The van der Waals surface area contributed by atoms with Crippen molar-refractivity contribution in [3.8, 4) is 0 Å². The summed E-state index contributed by atoms with van der Waals surface area (Å²) in [5.41, 5.74) is 0.179. The monoisotopic (exact) mass is 397 g/mol. The first-order chi connectivity index (χ1) is 13.3. The van der Waals surface area contributed by atoms with Crippen molar-refractivity contribution in [3.63, 3.8) is 0 Å². The standard InChI is InChI=1S/C20H29BF3N2O2/c1-3-19(27)25-12-8-6-5-7-9-13-26(4-2)15-16-14-17(20(22,23)24)10-11-18(16)21-28/h3,10-11,14,28H,1,4-9,12-13,15H2,2H3,(H,25,27). The first-order valence-electron chi connectivity index (χ1n) is 9.62. The normalized spacial score (nSPS) is 11.5. The van der Waals surface area contributed by atoms with Crippen molar-refractivity contribution in [2.45, 2.75) is 51.7 Å². The maximum absolute atomic E-state index is 12.9. The molecule has 1 aromatic rings. The van der Waals surface area contributed by atoms with Crippen LogP contribution in [0.15, 0.2) is 30.9 Å². The third-order valence-electron chi connectivity index (χ3n) is 4.59. The summed E-state index contributed by atoms with van der Waals surface area (Å²) in [4.78, 5) is 13.1. The number of carbonyl (C=O) groups is 1. The molecule has 28 heavy (non-hydrogen) atoms. The van der Waals surface area contributed by atoms with Crippen molar-refractivity contribution < 1.29 is 23.0 Å². The van der Waals surface area contributed by atoms with Crippen LogP contribution < -0.4 is 10.8 Å². The van der Waals surface area contributed by atoms with Gasteiger partial charge in [0.2, 0.25) is 5.91 Å². The van der Waals surface area contributed by atoms with E-state index in [2.05, 4.69) is 16.8 Å². The molecule has 0 fully saturated rings. The highest BCUT2D eigenvalue weighted by Gasteiger charge is 2.31. The molecule has 0 aliphatic heterocycles. The number of halogens is 3. The van der Waals surface area contributed by atoms with E-state index in [0.717, 1.165) is 58.3 Å². The smallest absolute Gasteiger partial charge is 0.416 e. The van der Waals surface area contributed by atoms with Gasteiger partial charge in [0, 0.05) is 13.1 Å². The molecule has 1 aromatic carbocycles. The lowest BCUT2D eigenvalue weighted by Crippen LogP contribution is -2.30. The number of hydrogen-bond donors (Lipinski definition) is 2. The van der Waals surface area contributed by atoms with E-state index in [4.69, 9.17) is 0 Å². The highest BCUT2D eigenvalue weighted by molar-refractivity contribution is 6.46. The molecule has 0 saturated heterocycles. The van der Waals surface area contributed by atoms with Crippen LogP contribution in [0.4, 0.5) is 13.2 Å². The Morgan fingerprint density at radius 3 is 2.54 bits per heavy atom. The highest BCUT2D eigenvalue weighted by atomic mass is 19.4. The predicted octanol–water partition coefficient (Wildman–Crippen LogP) is 3.02. The number of carbonyl (C=O) groups excluding carboxylic acids is 1. The highest BCUT2D eigenvalue weighted by Crippen LogP contribution is 2.29. The number of unbranched alkanes of at least 4 members (excludes halogenated alkanes) is 4. The second-order valence-corrected chi connectivity index (χ2v) is 6.67. The lowest BCUT2D eigenvalue weighted by Gasteiger charge is -2.22. The van der Waals surface area contributed by atoms with Gasteiger partial charge in [-0.15, -0.1) is 0 Å². The Hall–Kier alpha value is -1.80. The van der Waals surface area contributed by atoms with E-state index in [1.165, 1.54) is 12.1 Å². The van der Waals surface area contributed by atoms with Gasteiger partial charge in [-0.25, -0.2) is 0 Å². The zero-order valence-corrected chi connectivity index (χ0v) is 16.4. The van der Waals surface area contributed by atoms with Gasteiger partial charge in [-0.1, -0.05) is 44.9 Å². The van der Waals surface area contributed by atoms with Gasteiger partial charge < -0.3 is 10.3 Å². The lowest BCUT2D eigenvalue weighted by molar-refractivity contribution is -0.137. The molecule has 4 nitrogen and oxygen atoms in total. The van der Waals surface area contributed by atoms with Crippen LogP contribution in [0.5, 0.6) is 0 Å². The van der Waals surface area contributed by atoms with Crippen LogP contribution in [0.1, 0.15) is 50.2 Å². The minimum absolute atomic E-state index is 0.160. The van der Waals surface area contributed by atoms with Crippen LogP contribution in [0.25, 0.3) is 0 Å². The summed E-state index contributed by atoms with van der Waals surface area (Å²) in [6.45, 7) is 7.87. The summed E-state index contributed by atoms with van der Waals surface area (Å²) < 4.78 is 38.8. The third kappa shape index (κ3) is 8.93. The van der Waals surface area contributed by atoms with E-state index < -0.39 is 11.7 Å². The molecule has 1 rings (SSSR count). The van der Waals surface area contributed by atoms with E-state index in [-0.39, 0.29) is 5.91 Å². The predicted molar refractivity (Wildman–Crippen MR) is 106 cm³/mol. The van der Waals surface area contributed by atoms with Crippen LogP contribution in [0, 0.1) is 0 Å². The Morgan fingerprint density at radius 2 is 1.93 bits per heavy atom. The average molecular weight is 397 g/mol. The summed E-state index contributed by atoms with van der Waals surface area (Å²) in [6.07, 6.45) is 1.80. The fourth-order valence-corrected chi connectivity index (χ4v) is 2.91. The summed E-state index contributed by atoms with van der Waals surface area (Å²) in [7, 11) is 0.856. The van der Waals surface area contributed by atoms with Gasteiger partial charge in [0.1, 0.15) is 0 Å². The summed E-state index contributed by atoms with van der Waals surface area (Å²) in [5.74, 6) is -0.160. The molecular formula is C20H29BF3N2O2. The molecule has 1 amide bonds. The molecular weight excluding hydrogens is 368 g/mol. The zero-order valence-electron chi connectivity index (χ0n) is 16.4. The first-order valence-corrected chi connectivity index (χ1v) is 9.62. The number of nitrogens with zero attached hydrogens (tertiary/aromatic N) is 1. The van der Waals surface area contributed by atoms with E-state index in [1.54, 1.807) is 0 Å². The lowest BCUT2D eigenvalue weighted by atomic mass is 9.83. The summed E-state index contributed by atoms with van der Waals surface area (Å²) >= 11 is 0. The molecule has 0 saturated carbocycles. The average Bonchev–Trinajstić information content (AvgIpc) is 2.67. The number of rotatable bonds is 13. The van der Waals surface area contributed by atoms with Crippen molar-refractivity contribution in [3.05, 3.63) is 42.0 Å². The minimum Gasteiger partial charge on any atom is -0.450 e. The van der Waals surface area contributed by atoms with Gasteiger partial charge in [-0.05, 0) is 49.1 Å². The molecule has 1 radical (unpaired) electrons. The van der Waals surface area contributed by atoms with Crippen LogP contribution in [0.2, 0.25) is 0 Å². The van der Waals surface area contributed by atoms with Crippen LogP contribution in [-0.2, 0) is 17.5 Å². The van der Waals surface area contributed by atoms with Crippen molar-refractivity contribution in [2.75, 3.05) is 19.6 Å². The van der Waals surface area contributed by atoms with Gasteiger partial charge in [-0.2, -0.15) is 13.2 Å². The quantitative estimate of drug-likeness (QED) is 0.306.